The van der Waals surface area contributed by atoms with Crippen LogP contribution >= 0.6 is 11.8 Å². The minimum absolute atomic E-state index is 0.238. The molecule has 0 aromatic heterocycles. The summed E-state index contributed by atoms with van der Waals surface area (Å²) in [6, 6.07) is 9.35. The van der Waals surface area contributed by atoms with E-state index in [9.17, 15) is 0 Å². The van der Waals surface area contributed by atoms with Gasteiger partial charge in [-0.05, 0) is 37.8 Å². The first kappa shape index (κ1) is 12.9. The molecule has 0 spiro atoms. The summed E-state index contributed by atoms with van der Waals surface area (Å²) in [6.45, 7) is 7.40. The van der Waals surface area contributed by atoms with E-state index in [1.54, 1.807) is 11.8 Å². The molecule has 1 aliphatic rings. The van der Waals surface area contributed by atoms with Gasteiger partial charge in [-0.1, -0.05) is 12.1 Å². The maximum absolute atomic E-state index is 5.87. The van der Waals surface area contributed by atoms with Crippen molar-refractivity contribution in [2.75, 3.05) is 26.0 Å². The fourth-order valence-corrected chi connectivity index (χ4v) is 2.57. The molecular formula is C14H21NOS. The Kier molecular flexibility index (Phi) is 4.48. The molecule has 1 unspecified atom stereocenters. The zero-order chi connectivity index (χ0) is 12.3. The third-order valence-corrected chi connectivity index (χ3v) is 4.06. The SMILES string of the molecule is CSc1ccc(C2CN(C(C)C)CCO2)cc1. The van der Waals surface area contributed by atoms with Crippen molar-refractivity contribution >= 4 is 11.8 Å². The van der Waals surface area contributed by atoms with Crippen LogP contribution in [0.4, 0.5) is 0 Å². The summed E-state index contributed by atoms with van der Waals surface area (Å²) >= 11 is 1.78. The van der Waals surface area contributed by atoms with Gasteiger partial charge in [0, 0.05) is 24.0 Å². The van der Waals surface area contributed by atoms with Crippen molar-refractivity contribution in [2.24, 2.45) is 0 Å². The summed E-state index contributed by atoms with van der Waals surface area (Å²) in [5.41, 5.74) is 1.30. The molecule has 1 heterocycles. The van der Waals surface area contributed by atoms with Crippen LogP contribution in [0.1, 0.15) is 25.5 Å². The molecule has 1 aromatic carbocycles. The van der Waals surface area contributed by atoms with Gasteiger partial charge in [0.05, 0.1) is 12.7 Å². The molecule has 17 heavy (non-hydrogen) atoms. The Morgan fingerprint density at radius 2 is 2.00 bits per heavy atom. The quantitative estimate of drug-likeness (QED) is 0.766. The molecule has 1 aliphatic heterocycles. The number of thioether (sulfide) groups is 1. The molecule has 2 rings (SSSR count). The average Bonchev–Trinajstić information content (AvgIpc) is 2.39. The minimum atomic E-state index is 0.238. The number of nitrogens with zero attached hydrogens (tertiary/aromatic N) is 1. The standard InChI is InChI=1S/C14H21NOS/c1-11(2)15-8-9-16-14(10-15)12-4-6-13(17-3)7-5-12/h4-7,11,14H,8-10H2,1-3H3. The molecule has 0 bridgehead atoms. The molecule has 0 N–H and O–H groups in total. The van der Waals surface area contributed by atoms with Gasteiger partial charge in [-0.2, -0.15) is 0 Å². The van der Waals surface area contributed by atoms with E-state index in [1.165, 1.54) is 10.5 Å². The van der Waals surface area contributed by atoms with Crippen molar-refractivity contribution in [1.82, 2.24) is 4.90 Å². The van der Waals surface area contributed by atoms with Crippen LogP contribution in [0.3, 0.4) is 0 Å². The Balaban J connectivity index is 2.05. The maximum Gasteiger partial charge on any atom is 0.0952 e. The van der Waals surface area contributed by atoms with E-state index in [2.05, 4.69) is 49.3 Å². The van der Waals surface area contributed by atoms with E-state index in [0.717, 1.165) is 19.7 Å². The van der Waals surface area contributed by atoms with Gasteiger partial charge < -0.3 is 4.74 Å². The van der Waals surface area contributed by atoms with E-state index in [4.69, 9.17) is 4.74 Å². The molecule has 0 amide bonds. The van der Waals surface area contributed by atoms with Gasteiger partial charge in [-0.15, -0.1) is 11.8 Å². The third kappa shape index (κ3) is 3.24. The lowest BCUT2D eigenvalue weighted by atomic mass is 10.1. The highest BCUT2D eigenvalue weighted by atomic mass is 32.2. The monoisotopic (exact) mass is 251 g/mol. The summed E-state index contributed by atoms with van der Waals surface area (Å²) in [5.74, 6) is 0. The predicted octanol–water partition coefficient (Wildman–Crippen LogP) is 3.19. The Morgan fingerprint density at radius 1 is 1.29 bits per heavy atom. The fraction of sp³-hybridized carbons (Fsp3) is 0.571. The molecule has 1 aromatic rings. The average molecular weight is 251 g/mol. The molecule has 0 radical (unpaired) electrons. The van der Waals surface area contributed by atoms with Crippen molar-refractivity contribution < 1.29 is 4.74 Å². The smallest absolute Gasteiger partial charge is 0.0952 e. The van der Waals surface area contributed by atoms with E-state index in [1.807, 2.05) is 0 Å². The van der Waals surface area contributed by atoms with Crippen LogP contribution < -0.4 is 0 Å². The van der Waals surface area contributed by atoms with Crippen LogP contribution in [0, 0.1) is 0 Å². The number of hydrogen-bond acceptors (Lipinski definition) is 3. The normalized spacial score (nSPS) is 22.0. The minimum Gasteiger partial charge on any atom is -0.371 e. The van der Waals surface area contributed by atoms with Crippen molar-refractivity contribution in [3.8, 4) is 0 Å². The Hall–Kier alpha value is -0.510. The van der Waals surface area contributed by atoms with Gasteiger partial charge in [0.1, 0.15) is 0 Å². The molecular weight excluding hydrogens is 230 g/mol. The molecule has 0 saturated carbocycles. The molecule has 3 heteroatoms. The van der Waals surface area contributed by atoms with Crippen LogP contribution in [0.5, 0.6) is 0 Å². The summed E-state index contributed by atoms with van der Waals surface area (Å²) in [6.07, 6.45) is 2.34. The molecule has 1 atom stereocenters. The molecule has 1 saturated heterocycles. The number of benzene rings is 1. The van der Waals surface area contributed by atoms with Crippen LogP contribution in [0.2, 0.25) is 0 Å². The number of hydrogen-bond donors (Lipinski definition) is 0. The van der Waals surface area contributed by atoms with Crippen LogP contribution in [-0.2, 0) is 4.74 Å². The third-order valence-electron chi connectivity index (χ3n) is 3.32. The lowest BCUT2D eigenvalue weighted by Crippen LogP contribution is -2.42. The second kappa shape index (κ2) is 5.89. The predicted molar refractivity (Wildman–Crippen MR) is 73.6 cm³/mol. The highest BCUT2D eigenvalue weighted by Gasteiger charge is 2.23. The largest absolute Gasteiger partial charge is 0.371 e. The van der Waals surface area contributed by atoms with Crippen molar-refractivity contribution in [3.63, 3.8) is 0 Å². The Bertz CT molecular complexity index is 350. The first-order valence-corrected chi connectivity index (χ1v) is 7.43. The van der Waals surface area contributed by atoms with Crippen molar-refractivity contribution in [2.45, 2.75) is 30.9 Å². The molecule has 2 nitrogen and oxygen atoms in total. The van der Waals surface area contributed by atoms with Crippen LogP contribution in [0.15, 0.2) is 29.2 Å². The zero-order valence-corrected chi connectivity index (χ0v) is 11.7. The lowest BCUT2D eigenvalue weighted by molar-refractivity contribution is -0.0402. The summed E-state index contributed by atoms with van der Waals surface area (Å²) in [7, 11) is 0. The van der Waals surface area contributed by atoms with Crippen LogP contribution in [0.25, 0.3) is 0 Å². The highest BCUT2D eigenvalue weighted by Crippen LogP contribution is 2.25. The van der Waals surface area contributed by atoms with Gasteiger partial charge in [-0.3, -0.25) is 4.90 Å². The highest BCUT2D eigenvalue weighted by molar-refractivity contribution is 7.98. The van der Waals surface area contributed by atoms with E-state index < -0.39 is 0 Å². The topological polar surface area (TPSA) is 12.5 Å². The molecule has 94 valence electrons. The summed E-state index contributed by atoms with van der Waals surface area (Å²) in [5, 5.41) is 0. The van der Waals surface area contributed by atoms with E-state index in [0.29, 0.717) is 6.04 Å². The van der Waals surface area contributed by atoms with E-state index in [-0.39, 0.29) is 6.10 Å². The molecule has 0 aliphatic carbocycles. The first-order chi connectivity index (χ1) is 8.20. The summed E-state index contributed by atoms with van der Waals surface area (Å²) < 4.78 is 5.87. The number of morpholine rings is 1. The van der Waals surface area contributed by atoms with Gasteiger partial charge in [0.2, 0.25) is 0 Å². The molecule has 1 fully saturated rings. The second-order valence-electron chi connectivity index (χ2n) is 4.72. The van der Waals surface area contributed by atoms with Gasteiger partial charge >= 0.3 is 0 Å². The zero-order valence-electron chi connectivity index (χ0n) is 10.8. The second-order valence-corrected chi connectivity index (χ2v) is 5.60. The van der Waals surface area contributed by atoms with Gasteiger partial charge in [0.15, 0.2) is 0 Å². The van der Waals surface area contributed by atoms with Gasteiger partial charge in [-0.25, -0.2) is 0 Å². The number of ether oxygens (including phenoxy) is 1. The Morgan fingerprint density at radius 3 is 2.59 bits per heavy atom. The first-order valence-electron chi connectivity index (χ1n) is 6.20. The van der Waals surface area contributed by atoms with Crippen molar-refractivity contribution in [3.05, 3.63) is 29.8 Å². The fourth-order valence-electron chi connectivity index (χ4n) is 2.16. The maximum atomic E-state index is 5.87. The lowest BCUT2D eigenvalue weighted by Gasteiger charge is -2.35. The van der Waals surface area contributed by atoms with E-state index >= 15 is 0 Å². The summed E-state index contributed by atoms with van der Waals surface area (Å²) in [4.78, 5) is 3.79. The Labute approximate surface area is 108 Å². The van der Waals surface area contributed by atoms with Crippen LogP contribution in [-0.4, -0.2) is 36.9 Å². The van der Waals surface area contributed by atoms with Gasteiger partial charge in [0.25, 0.3) is 0 Å². The number of rotatable bonds is 3. The van der Waals surface area contributed by atoms with Crippen molar-refractivity contribution in [1.29, 1.82) is 0 Å².